The third kappa shape index (κ3) is 3.62. The summed E-state index contributed by atoms with van der Waals surface area (Å²) in [5.74, 6) is 0.336. The lowest BCUT2D eigenvalue weighted by Crippen LogP contribution is -2.49. The van der Waals surface area contributed by atoms with E-state index < -0.39 is 10.0 Å². The number of aromatic nitrogens is 2. The molecule has 1 atom stereocenters. The molecule has 1 aliphatic heterocycles. The molecule has 1 aliphatic rings. The molecule has 2 N–H and O–H groups in total. The van der Waals surface area contributed by atoms with Crippen molar-refractivity contribution in [1.82, 2.24) is 14.7 Å². The van der Waals surface area contributed by atoms with Crippen LogP contribution in [0, 0.1) is 6.92 Å². The van der Waals surface area contributed by atoms with Gasteiger partial charge < -0.3 is 9.88 Å². The summed E-state index contributed by atoms with van der Waals surface area (Å²) in [4.78, 5) is 21.3. The van der Waals surface area contributed by atoms with Crippen LogP contribution in [0.25, 0.3) is 0 Å². The number of H-pyrrole nitrogens is 1. The third-order valence-corrected chi connectivity index (χ3v) is 6.73. The van der Waals surface area contributed by atoms with E-state index in [2.05, 4.69) is 14.7 Å². The number of rotatable bonds is 4. The highest BCUT2D eigenvalue weighted by Crippen LogP contribution is 2.22. The molecule has 0 amide bonds. The quantitative estimate of drug-likeness (QED) is 0.857. The third-order valence-electron chi connectivity index (χ3n) is 3.71. The van der Waals surface area contributed by atoms with E-state index in [1.165, 1.54) is 23.7 Å². The largest absolute Gasteiger partial charge is 0.350 e. The van der Waals surface area contributed by atoms with E-state index in [4.69, 9.17) is 0 Å². The van der Waals surface area contributed by atoms with Crippen LogP contribution >= 0.6 is 11.3 Å². The Balaban J connectivity index is 1.74. The van der Waals surface area contributed by atoms with Crippen LogP contribution in [-0.4, -0.2) is 37.5 Å². The molecule has 1 fully saturated rings. The lowest BCUT2D eigenvalue weighted by molar-refractivity contribution is 0.463. The first kappa shape index (κ1) is 16.2. The summed E-state index contributed by atoms with van der Waals surface area (Å²) in [6.45, 7) is 3.00. The Morgan fingerprint density at radius 1 is 1.43 bits per heavy atom. The number of hydrogen-bond donors (Lipinski definition) is 2. The summed E-state index contributed by atoms with van der Waals surface area (Å²) in [5, 5.41) is 0. The van der Waals surface area contributed by atoms with Crippen molar-refractivity contribution in [3.05, 3.63) is 39.8 Å². The van der Waals surface area contributed by atoms with Gasteiger partial charge in [0.2, 0.25) is 10.0 Å². The number of piperidine rings is 1. The highest BCUT2D eigenvalue weighted by Gasteiger charge is 2.27. The normalized spacial score (nSPS) is 19.0. The number of anilines is 1. The van der Waals surface area contributed by atoms with E-state index in [-0.39, 0.29) is 11.6 Å². The van der Waals surface area contributed by atoms with Gasteiger partial charge in [-0.1, -0.05) is 0 Å². The predicted octanol–water partition coefficient (Wildman–Crippen LogP) is 1.09. The van der Waals surface area contributed by atoms with Gasteiger partial charge in [-0.3, -0.25) is 4.79 Å². The van der Waals surface area contributed by atoms with E-state index in [1.807, 2.05) is 11.8 Å². The second kappa shape index (κ2) is 6.42. The summed E-state index contributed by atoms with van der Waals surface area (Å²) >= 11 is 1.25. The summed E-state index contributed by atoms with van der Waals surface area (Å²) < 4.78 is 27.9. The summed E-state index contributed by atoms with van der Waals surface area (Å²) in [7, 11) is -3.52. The molecular formula is C14H18N4O3S2. The molecule has 1 saturated heterocycles. The lowest BCUT2D eigenvalue weighted by atomic mass is 10.1. The molecule has 9 heteroatoms. The van der Waals surface area contributed by atoms with Gasteiger partial charge in [-0.05, 0) is 31.9 Å². The molecule has 0 aliphatic carbocycles. The number of hydrogen-bond acceptors (Lipinski definition) is 6. The van der Waals surface area contributed by atoms with Crippen LogP contribution in [0.4, 0.5) is 5.82 Å². The highest BCUT2D eigenvalue weighted by molar-refractivity contribution is 7.91. The maximum Gasteiger partial charge on any atom is 0.290 e. The maximum absolute atomic E-state index is 12.4. The topological polar surface area (TPSA) is 95.2 Å². The fourth-order valence-electron chi connectivity index (χ4n) is 2.67. The van der Waals surface area contributed by atoms with Crippen LogP contribution in [0.5, 0.6) is 0 Å². The van der Waals surface area contributed by atoms with Crippen molar-refractivity contribution in [2.45, 2.75) is 30.0 Å². The smallest absolute Gasteiger partial charge is 0.290 e. The Bertz CT molecular complexity index is 843. The second-order valence-electron chi connectivity index (χ2n) is 5.51. The summed E-state index contributed by atoms with van der Waals surface area (Å²) in [6.07, 6.45) is 4.55. The standard InChI is InChI=1S/C14H18N4O3S2/c1-10-4-5-12(22-10)23(20,21)17-11-3-2-8-18(9-11)13-14(19)16-7-6-15-13/h4-7,11,17H,2-3,8-9H2,1H3,(H,16,19). The summed E-state index contributed by atoms with van der Waals surface area (Å²) in [6, 6.07) is 3.17. The van der Waals surface area contributed by atoms with Gasteiger partial charge in [0.25, 0.3) is 5.56 Å². The van der Waals surface area contributed by atoms with E-state index in [1.54, 1.807) is 12.1 Å². The van der Waals surface area contributed by atoms with Gasteiger partial charge in [0.05, 0.1) is 0 Å². The van der Waals surface area contributed by atoms with E-state index in [0.29, 0.717) is 23.1 Å². The van der Waals surface area contributed by atoms with Crippen molar-refractivity contribution in [3.63, 3.8) is 0 Å². The number of aromatic amines is 1. The Kier molecular flexibility index (Phi) is 4.51. The SMILES string of the molecule is Cc1ccc(S(=O)(=O)NC2CCCN(c3ncc[nH]c3=O)C2)s1. The number of aryl methyl sites for hydroxylation is 1. The minimum Gasteiger partial charge on any atom is -0.350 e. The highest BCUT2D eigenvalue weighted by atomic mass is 32.2. The fourth-order valence-corrected chi connectivity index (χ4v) is 5.23. The zero-order valence-corrected chi connectivity index (χ0v) is 14.3. The minimum absolute atomic E-state index is 0.238. The first-order valence-electron chi connectivity index (χ1n) is 7.33. The van der Waals surface area contributed by atoms with Crippen molar-refractivity contribution in [1.29, 1.82) is 0 Å². The van der Waals surface area contributed by atoms with Gasteiger partial charge in [-0.15, -0.1) is 11.3 Å². The molecule has 2 aromatic rings. The van der Waals surface area contributed by atoms with Gasteiger partial charge >= 0.3 is 0 Å². The van der Waals surface area contributed by atoms with Gasteiger partial charge in [-0.2, -0.15) is 0 Å². The maximum atomic E-state index is 12.4. The number of sulfonamides is 1. The molecule has 23 heavy (non-hydrogen) atoms. The van der Waals surface area contributed by atoms with E-state index in [0.717, 1.165) is 17.7 Å². The molecule has 0 saturated carbocycles. The van der Waals surface area contributed by atoms with Gasteiger partial charge in [-0.25, -0.2) is 18.1 Å². The predicted molar refractivity (Wildman–Crippen MR) is 89.5 cm³/mol. The van der Waals surface area contributed by atoms with Gasteiger partial charge in [0, 0.05) is 36.4 Å². The Morgan fingerprint density at radius 3 is 2.96 bits per heavy atom. The van der Waals surface area contributed by atoms with Crippen LogP contribution in [-0.2, 0) is 10.0 Å². The van der Waals surface area contributed by atoms with E-state index >= 15 is 0 Å². The van der Waals surface area contributed by atoms with Crippen LogP contribution in [0.1, 0.15) is 17.7 Å². The molecule has 7 nitrogen and oxygen atoms in total. The molecular weight excluding hydrogens is 336 g/mol. The molecule has 0 radical (unpaired) electrons. The molecule has 0 aromatic carbocycles. The number of nitrogens with zero attached hydrogens (tertiary/aromatic N) is 2. The Labute approximate surface area is 138 Å². The Morgan fingerprint density at radius 2 is 2.26 bits per heavy atom. The number of thiophene rings is 1. The van der Waals surface area contributed by atoms with Gasteiger partial charge in [0.15, 0.2) is 5.82 Å². The van der Waals surface area contributed by atoms with E-state index in [9.17, 15) is 13.2 Å². The van der Waals surface area contributed by atoms with Gasteiger partial charge in [0.1, 0.15) is 4.21 Å². The van der Waals surface area contributed by atoms with Crippen molar-refractivity contribution in [2.75, 3.05) is 18.0 Å². The van der Waals surface area contributed by atoms with Crippen molar-refractivity contribution in [3.8, 4) is 0 Å². The first-order chi connectivity index (χ1) is 11.0. The van der Waals surface area contributed by atoms with Crippen molar-refractivity contribution >= 4 is 27.2 Å². The Hall–Kier alpha value is -1.71. The van der Waals surface area contributed by atoms with Crippen molar-refractivity contribution < 1.29 is 8.42 Å². The molecule has 2 aromatic heterocycles. The van der Waals surface area contributed by atoms with Crippen LogP contribution in [0.3, 0.4) is 0 Å². The second-order valence-corrected chi connectivity index (χ2v) is 8.74. The van der Waals surface area contributed by atoms with Crippen molar-refractivity contribution in [2.24, 2.45) is 0 Å². The molecule has 124 valence electrons. The monoisotopic (exact) mass is 354 g/mol. The van der Waals surface area contributed by atoms with Crippen LogP contribution < -0.4 is 15.2 Å². The summed E-state index contributed by atoms with van der Waals surface area (Å²) in [5.41, 5.74) is -0.259. The number of nitrogens with one attached hydrogen (secondary N) is 2. The van der Waals surface area contributed by atoms with Crippen LogP contribution in [0.15, 0.2) is 33.5 Å². The zero-order chi connectivity index (χ0) is 16.4. The average molecular weight is 354 g/mol. The molecule has 0 spiro atoms. The van der Waals surface area contributed by atoms with Crippen LogP contribution in [0.2, 0.25) is 0 Å². The molecule has 3 heterocycles. The lowest BCUT2D eigenvalue weighted by Gasteiger charge is -2.33. The fraction of sp³-hybridized carbons (Fsp3) is 0.429. The molecule has 1 unspecified atom stereocenters. The first-order valence-corrected chi connectivity index (χ1v) is 9.63. The molecule has 0 bridgehead atoms. The zero-order valence-electron chi connectivity index (χ0n) is 12.7. The molecule has 3 rings (SSSR count). The minimum atomic E-state index is -3.52. The average Bonchev–Trinajstić information content (AvgIpc) is 2.95.